The predicted octanol–water partition coefficient (Wildman–Crippen LogP) is 1.99. The number of rotatable bonds is 5. The molecule has 9 heteroatoms. The van der Waals surface area contributed by atoms with Gasteiger partial charge < -0.3 is 19.7 Å². The number of phenolic OH excluding ortho intramolecular Hbond substituents is 2. The lowest BCUT2D eigenvalue weighted by Gasteiger charge is -2.08. The van der Waals surface area contributed by atoms with Crippen molar-refractivity contribution in [3.63, 3.8) is 0 Å². The maximum absolute atomic E-state index is 12.2. The zero-order valence-corrected chi connectivity index (χ0v) is 13.1. The van der Waals surface area contributed by atoms with Crippen LogP contribution in [0.15, 0.2) is 17.5 Å². The van der Waals surface area contributed by atoms with Crippen LogP contribution in [0.5, 0.6) is 17.2 Å². The van der Waals surface area contributed by atoms with Crippen LogP contribution >= 0.6 is 11.3 Å². The van der Waals surface area contributed by atoms with Crippen molar-refractivity contribution in [1.29, 1.82) is 0 Å². The van der Waals surface area contributed by atoms with Crippen LogP contribution in [0.4, 0.5) is 5.13 Å². The van der Waals surface area contributed by atoms with Crippen LogP contribution in [0, 0.1) is 0 Å². The predicted molar refractivity (Wildman–Crippen MR) is 82.3 cm³/mol. The van der Waals surface area contributed by atoms with Crippen molar-refractivity contribution in [2.75, 3.05) is 19.0 Å². The number of esters is 1. The number of benzene rings is 1. The summed E-state index contributed by atoms with van der Waals surface area (Å²) in [6.45, 7) is 1.90. The Balaban J connectivity index is 2.18. The summed E-state index contributed by atoms with van der Waals surface area (Å²) >= 11 is 1.04. The molecule has 0 fully saturated rings. The Hall–Kier alpha value is -2.81. The lowest BCUT2D eigenvalue weighted by atomic mass is 10.1. The summed E-state index contributed by atoms with van der Waals surface area (Å²) in [5, 5.41) is 23.4. The molecule has 0 aliphatic rings. The Kier molecular flexibility index (Phi) is 5.02. The van der Waals surface area contributed by atoms with Crippen molar-refractivity contribution in [3.8, 4) is 17.2 Å². The highest BCUT2D eigenvalue weighted by Gasteiger charge is 2.18. The number of nitrogens with zero attached hydrogens (tertiary/aromatic N) is 1. The third-order valence-corrected chi connectivity index (χ3v) is 3.51. The van der Waals surface area contributed by atoms with Crippen LogP contribution in [0.3, 0.4) is 0 Å². The third kappa shape index (κ3) is 3.69. The van der Waals surface area contributed by atoms with Gasteiger partial charge in [-0.15, -0.1) is 11.3 Å². The molecule has 122 valence electrons. The maximum Gasteiger partial charge on any atom is 0.357 e. The molecule has 0 aliphatic carbocycles. The molecule has 0 unspecified atom stereocenters. The maximum atomic E-state index is 12.2. The molecule has 0 atom stereocenters. The van der Waals surface area contributed by atoms with E-state index >= 15 is 0 Å². The Morgan fingerprint density at radius 2 is 2.04 bits per heavy atom. The average Bonchev–Trinajstić information content (AvgIpc) is 2.96. The van der Waals surface area contributed by atoms with E-state index in [1.807, 2.05) is 0 Å². The number of aromatic nitrogens is 1. The van der Waals surface area contributed by atoms with Crippen molar-refractivity contribution in [3.05, 3.63) is 28.8 Å². The molecule has 0 bridgehead atoms. The van der Waals surface area contributed by atoms with Crippen molar-refractivity contribution in [2.45, 2.75) is 6.92 Å². The van der Waals surface area contributed by atoms with Crippen molar-refractivity contribution < 1.29 is 29.3 Å². The summed E-state index contributed by atoms with van der Waals surface area (Å²) in [7, 11) is 1.32. The van der Waals surface area contributed by atoms with Crippen LogP contribution in [-0.4, -0.2) is 40.8 Å². The quantitative estimate of drug-likeness (QED) is 0.713. The smallest absolute Gasteiger partial charge is 0.357 e. The SMILES string of the molecule is CCOC(=O)c1csc(NC(=O)c2cc(OC)c(O)cc2O)n1. The van der Waals surface area contributed by atoms with Gasteiger partial charge in [-0.1, -0.05) is 0 Å². The number of nitrogens with one attached hydrogen (secondary N) is 1. The van der Waals surface area contributed by atoms with Crippen LogP contribution < -0.4 is 10.1 Å². The molecule has 0 aliphatic heterocycles. The van der Waals surface area contributed by atoms with E-state index in [-0.39, 0.29) is 34.5 Å². The molecule has 1 amide bonds. The van der Waals surface area contributed by atoms with Crippen molar-refractivity contribution >= 4 is 28.3 Å². The van der Waals surface area contributed by atoms with E-state index in [2.05, 4.69) is 10.3 Å². The highest BCUT2D eigenvalue weighted by atomic mass is 32.1. The largest absolute Gasteiger partial charge is 0.507 e. The first kappa shape index (κ1) is 16.6. The fraction of sp³-hybridized carbons (Fsp3) is 0.214. The molecule has 1 heterocycles. The topological polar surface area (TPSA) is 118 Å². The number of hydrogen-bond donors (Lipinski definition) is 3. The van der Waals surface area contributed by atoms with Gasteiger partial charge in [0, 0.05) is 17.5 Å². The third-order valence-electron chi connectivity index (χ3n) is 2.75. The van der Waals surface area contributed by atoms with Gasteiger partial charge in [0.15, 0.2) is 22.3 Å². The fourth-order valence-corrected chi connectivity index (χ4v) is 2.37. The standard InChI is InChI=1S/C14H14N2O6S/c1-3-22-13(20)8-6-23-14(15-8)16-12(19)7-4-11(21-2)10(18)5-9(7)17/h4-6,17-18H,3H2,1-2H3,(H,15,16,19). The molecule has 1 aromatic heterocycles. The van der Waals surface area contributed by atoms with Gasteiger partial charge >= 0.3 is 5.97 Å². The molecule has 0 saturated carbocycles. The molecule has 3 N–H and O–H groups in total. The van der Waals surface area contributed by atoms with Crippen molar-refractivity contribution in [1.82, 2.24) is 4.98 Å². The number of aromatic hydroxyl groups is 2. The average molecular weight is 338 g/mol. The second kappa shape index (κ2) is 6.97. The minimum absolute atomic E-state index is 0.0410. The van der Waals surface area contributed by atoms with E-state index in [9.17, 15) is 19.8 Å². The van der Waals surface area contributed by atoms with E-state index in [4.69, 9.17) is 9.47 Å². The van der Waals surface area contributed by atoms with Gasteiger partial charge in [0.2, 0.25) is 0 Å². The second-order valence-corrected chi connectivity index (χ2v) is 5.11. The zero-order chi connectivity index (χ0) is 17.0. The molecule has 1 aromatic carbocycles. The van der Waals surface area contributed by atoms with Crippen LogP contribution in [0.25, 0.3) is 0 Å². The number of thiazole rings is 1. The van der Waals surface area contributed by atoms with Crippen LogP contribution in [-0.2, 0) is 4.74 Å². The summed E-state index contributed by atoms with van der Waals surface area (Å²) in [5.41, 5.74) is -0.0211. The molecular formula is C14H14N2O6S. The first-order chi connectivity index (χ1) is 11.0. The number of carbonyl (C=O) groups is 2. The normalized spacial score (nSPS) is 10.2. The number of ether oxygens (including phenoxy) is 2. The van der Waals surface area contributed by atoms with E-state index in [0.29, 0.717) is 0 Å². The Morgan fingerprint density at radius 3 is 2.70 bits per heavy atom. The minimum Gasteiger partial charge on any atom is -0.507 e. The molecule has 0 spiro atoms. The summed E-state index contributed by atoms with van der Waals surface area (Å²) in [6.07, 6.45) is 0. The molecule has 8 nitrogen and oxygen atoms in total. The first-order valence-corrected chi connectivity index (χ1v) is 7.38. The Morgan fingerprint density at radius 1 is 1.30 bits per heavy atom. The van der Waals surface area contributed by atoms with Gasteiger partial charge in [0.25, 0.3) is 5.91 Å². The lowest BCUT2D eigenvalue weighted by Crippen LogP contribution is -2.13. The lowest BCUT2D eigenvalue weighted by molar-refractivity contribution is 0.0520. The van der Waals surface area contributed by atoms with Gasteiger partial charge in [-0.05, 0) is 6.92 Å². The zero-order valence-electron chi connectivity index (χ0n) is 12.3. The number of anilines is 1. The van der Waals surface area contributed by atoms with Crippen LogP contribution in [0.1, 0.15) is 27.8 Å². The Bertz CT molecular complexity index is 743. The molecule has 0 radical (unpaired) electrons. The van der Waals surface area contributed by atoms with Gasteiger partial charge in [-0.25, -0.2) is 9.78 Å². The highest BCUT2D eigenvalue weighted by molar-refractivity contribution is 7.14. The molecule has 2 aromatic rings. The van der Waals surface area contributed by atoms with Gasteiger partial charge in [-0.3, -0.25) is 10.1 Å². The van der Waals surface area contributed by atoms with Gasteiger partial charge in [0.1, 0.15) is 5.75 Å². The van der Waals surface area contributed by atoms with E-state index < -0.39 is 17.6 Å². The summed E-state index contributed by atoms with van der Waals surface area (Å²) in [5.74, 6) is -1.91. The van der Waals surface area contributed by atoms with E-state index in [1.165, 1.54) is 18.6 Å². The number of hydrogen-bond acceptors (Lipinski definition) is 8. The van der Waals surface area contributed by atoms with E-state index in [0.717, 1.165) is 17.4 Å². The number of phenols is 2. The molecular weight excluding hydrogens is 324 g/mol. The van der Waals surface area contributed by atoms with Gasteiger partial charge in [-0.2, -0.15) is 0 Å². The summed E-state index contributed by atoms with van der Waals surface area (Å²) in [6, 6.07) is 2.19. The van der Waals surface area contributed by atoms with Crippen LogP contribution in [0.2, 0.25) is 0 Å². The number of carbonyl (C=O) groups excluding carboxylic acids is 2. The molecule has 23 heavy (non-hydrogen) atoms. The Labute approximate surface area is 135 Å². The highest BCUT2D eigenvalue weighted by Crippen LogP contribution is 2.33. The van der Waals surface area contributed by atoms with E-state index in [1.54, 1.807) is 6.92 Å². The fourth-order valence-electron chi connectivity index (χ4n) is 1.70. The first-order valence-electron chi connectivity index (χ1n) is 6.50. The second-order valence-electron chi connectivity index (χ2n) is 4.25. The van der Waals surface area contributed by atoms with Gasteiger partial charge in [0.05, 0.1) is 19.3 Å². The summed E-state index contributed by atoms with van der Waals surface area (Å²) in [4.78, 5) is 27.6. The monoisotopic (exact) mass is 338 g/mol. The van der Waals surface area contributed by atoms with Crippen molar-refractivity contribution in [2.24, 2.45) is 0 Å². The molecule has 2 rings (SSSR count). The number of amides is 1. The summed E-state index contributed by atoms with van der Waals surface area (Å²) < 4.78 is 9.69. The molecule has 0 saturated heterocycles. The minimum atomic E-state index is -0.662. The number of methoxy groups -OCH3 is 1.